The Bertz CT molecular complexity index is 913. The number of rotatable bonds is 7. The number of aryl methyl sites for hydroxylation is 1. The maximum atomic E-state index is 12.3. The third-order valence-corrected chi connectivity index (χ3v) is 4.40. The van der Waals surface area contributed by atoms with Crippen LogP contribution in [0.15, 0.2) is 53.9 Å². The molecule has 1 aromatic heterocycles. The van der Waals surface area contributed by atoms with Crippen LogP contribution in [0.3, 0.4) is 0 Å². The molecule has 5 nitrogen and oxygen atoms in total. The number of thiazole rings is 1. The lowest BCUT2D eigenvalue weighted by Crippen LogP contribution is -2.12. The predicted molar refractivity (Wildman–Crippen MR) is 98.7 cm³/mol. The van der Waals surface area contributed by atoms with Crippen LogP contribution in [0.4, 0.5) is 14.5 Å². The predicted octanol–water partition coefficient (Wildman–Crippen LogP) is 4.88. The van der Waals surface area contributed by atoms with E-state index in [-0.39, 0.29) is 11.7 Å². The third kappa shape index (κ3) is 5.49. The zero-order chi connectivity index (χ0) is 19.2. The van der Waals surface area contributed by atoms with E-state index in [0.29, 0.717) is 23.6 Å². The lowest BCUT2D eigenvalue weighted by atomic mass is 10.2. The largest absolute Gasteiger partial charge is 0.486 e. The normalized spacial score (nSPS) is 10.7. The first-order valence-electron chi connectivity index (χ1n) is 8.00. The number of anilines is 1. The number of hydrogen-bond acceptors (Lipinski definition) is 5. The summed E-state index contributed by atoms with van der Waals surface area (Å²) in [7, 11) is 0. The van der Waals surface area contributed by atoms with Crippen molar-refractivity contribution in [1.29, 1.82) is 0 Å². The van der Waals surface area contributed by atoms with Crippen molar-refractivity contribution in [3.05, 3.63) is 70.2 Å². The van der Waals surface area contributed by atoms with Gasteiger partial charge in [-0.25, -0.2) is 4.98 Å². The molecular formula is C19H16F2N2O3S. The Kier molecular flexibility index (Phi) is 5.97. The molecule has 0 atom stereocenters. The molecule has 0 aliphatic rings. The number of ether oxygens (including phenoxy) is 2. The first-order chi connectivity index (χ1) is 13.0. The molecule has 1 amide bonds. The number of alkyl halides is 2. The third-order valence-electron chi connectivity index (χ3n) is 3.46. The quantitative estimate of drug-likeness (QED) is 0.624. The number of halogens is 2. The first-order valence-corrected chi connectivity index (χ1v) is 8.87. The summed E-state index contributed by atoms with van der Waals surface area (Å²) in [5.74, 6) is 0.224. The van der Waals surface area contributed by atoms with Crippen LogP contribution in [0.5, 0.6) is 11.5 Å². The van der Waals surface area contributed by atoms with E-state index in [4.69, 9.17) is 4.74 Å². The molecular weight excluding hydrogens is 374 g/mol. The van der Waals surface area contributed by atoms with Crippen LogP contribution < -0.4 is 14.8 Å². The molecule has 0 radical (unpaired) electrons. The summed E-state index contributed by atoms with van der Waals surface area (Å²) in [6, 6.07) is 12.4. The molecule has 8 heteroatoms. The van der Waals surface area contributed by atoms with Gasteiger partial charge in [-0.3, -0.25) is 4.79 Å². The monoisotopic (exact) mass is 390 g/mol. The van der Waals surface area contributed by atoms with Gasteiger partial charge in [-0.2, -0.15) is 8.78 Å². The number of hydrogen-bond donors (Lipinski definition) is 1. The van der Waals surface area contributed by atoms with Gasteiger partial charge < -0.3 is 14.8 Å². The summed E-state index contributed by atoms with van der Waals surface area (Å²) in [6.07, 6.45) is 0. The van der Waals surface area contributed by atoms with Crippen molar-refractivity contribution < 1.29 is 23.0 Å². The standard InChI is InChI=1S/C19H16F2N2O3S/c1-12-11-27-17(22-12)10-25-15-7-5-13(6-8-15)18(24)23-14-3-2-4-16(9-14)26-19(20)21/h2-9,11,19H,10H2,1H3,(H,23,24). The van der Waals surface area contributed by atoms with Crippen molar-refractivity contribution in [2.75, 3.05) is 5.32 Å². The van der Waals surface area contributed by atoms with Gasteiger partial charge in [0.15, 0.2) is 0 Å². The van der Waals surface area contributed by atoms with Crippen LogP contribution in [0, 0.1) is 6.92 Å². The van der Waals surface area contributed by atoms with Gasteiger partial charge >= 0.3 is 6.61 Å². The molecule has 0 saturated heterocycles. The molecule has 0 bridgehead atoms. The van der Waals surface area contributed by atoms with E-state index in [1.165, 1.54) is 29.5 Å². The second-order valence-corrected chi connectivity index (χ2v) is 6.50. The topological polar surface area (TPSA) is 60.5 Å². The van der Waals surface area contributed by atoms with Crippen LogP contribution in [-0.2, 0) is 6.61 Å². The number of benzene rings is 2. The molecule has 0 fully saturated rings. The summed E-state index contributed by atoms with van der Waals surface area (Å²) in [4.78, 5) is 16.6. The summed E-state index contributed by atoms with van der Waals surface area (Å²) >= 11 is 1.53. The zero-order valence-electron chi connectivity index (χ0n) is 14.3. The number of carbonyl (C=O) groups excluding carboxylic acids is 1. The van der Waals surface area contributed by atoms with Crippen molar-refractivity contribution in [2.45, 2.75) is 20.1 Å². The highest BCUT2D eigenvalue weighted by atomic mass is 32.1. The molecule has 3 rings (SSSR count). The number of aromatic nitrogens is 1. The average molecular weight is 390 g/mol. The summed E-state index contributed by atoms with van der Waals surface area (Å²) in [6.45, 7) is -0.638. The van der Waals surface area contributed by atoms with E-state index in [1.54, 1.807) is 30.3 Å². The van der Waals surface area contributed by atoms with Gasteiger partial charge in [-0.05, 0) is 43.3 Å². The molecule has 140 valence electrons. The summed E-state index contributed by atoms with van der Waals surface area (Å²) in [5.41, 5.74) is 1.72. The number of carbonyl (C=O) groups is 1. The molecule has 1 N–H and O–H groups in total. The molecule has 0 unspecified atom stereocenters. The van der Waals surface area contributed by atoms with Crippen LogP contribution in [-0.4, -0.2) is 17.5 Å². The summed E-state index contributed by atoms with van der Waals surface area (Å²) in [5, 5.41) is 5.47. The molecule has 0 aliphatic heterocycles. The highest BCUT2D eigenvalue weighted by Gasteiger charge is 2.09. The lowest BCUT2D eigenvalue weighted by molar-refractivity contribution is -0.0497. The van der Waals surface area contributed by atoms with Gasteiger partial charge in [0.2, 0.25) is 0 Å². The Morgan fingerprint density at radius 1 is 1.19 bits per heavy atom. The Labute approximate surface area is 158 Å². The molecule has 0 saturated carbocycles. The van der Waals surface area contributed by atoms with Crippen LogP contribution in [0.1, 0.15) is 21.1 Å². The molecule has 0 spiro atoms. The molecule has 2 aromatic carbocycles. The van der Waals surface area contributed by atoms with Gasteiger partial charge in [0.1, 0.15) is 23.1 Å². The smallest absolute Gasteiger partial charge is 0.387 e. The molecule has 1 heterocycles. The number of nitrogens with one attached hydrogen (secondary N) is 1. The number of amides is 1. The second kappa shape index (κ2) is 8.59. The van der Waals surface area contributed by atoms with Gasteiger partial charge in [-0.15, -0.1) is 11.3 Å². The van der Waals surface area contributed by atoms with Crippen molar-refractivity contribution in [3.8, 4) is 11.5 Å². The van der Waals surface area contributed by atoms with Crippen molar-refractivity contribution >= 4 is 22.9 Å². The zero-order valence-corrected chi connectivity index (χ0v) is 15.1. The minimum Gasteiger partial charge on any atom is -0.486 e. The number of nitrogens with zero attached hydrogens (tertiary/aromatic N) is 1. The van der Waals surface area contributed by atoms with E-state index in [9.17, 15) is 13.6 Å². The molecule has 0 aliphatic carbocycles. The average Bonchev–Trinajstić information content (AvgIpc) is 3.05. The second-order valence-electron chi connectivity index (χ2n) is 5.56. The van der Waals surface area contributed by atoms with Crippen molar-refractivity contribution in [3.63, 3.8) is 0 Å². The van der Waals surface area contributed by atoms with E-state index in [2.05, 4.69) is 15.0 Å². The van der Waals surface area contributed by atoms with E-state index in [0.717, 1.165) is 10.7 Å². The lowest BCUT2D eigenvalue weighted by Gasteiger charge is -2.09. The van der Waals surface area contributed by atoms with Crippen LogP contribution >= 0.6 is 11.3 Å². The fourth-order valence-corrected chi connectivity index (χ4v) is 2.95. The highest BCUT2D eigenvalue weighted by molar-refractivity contribution is 7.09. The first kappa shape index (κ1) is 18.8. The Morgan fingerprint density at radius 2 is 1.96 bits per heavy atom. The minimum atomic E-state index is -2.92. The maximum absolute atomic E-state index is 12.3. The van der Waals surface area contributed by atoms with E-state index >= 15 is 0 Å². The van der Waals surface area contributed by atoms with Crippen LogP contribution in [0.25, 0.3) is 0 Å². The van der Waals surface area contributed by atoms with Gasteiger partial charge in [0.25, 0.3) is 5.91 Å². The van der Waals surface area contributed by atoms with Crippen molar-refractivity contribution in [1.82, 2.24) is 4.98 Å². The van der Waals surface area contributed by atoms with E-state index in [1.807, 2.05) is 12.3 Å². The minimum absolute atomic E-state index is 0.0241. The van der Waals surface area contributed by atoms with Crippen LogP contribution in [0.2, 0.25) is 0 Å². The highest BCUT2D eigenvalue weighted by Crippen LogP contribution is 2.21. The van der Waals surface area contributed by atoms with Gasteiger partial charge in [0.05, 0.1) is 0 Å². The van der Waals surface area contributed by atoms with Gasteiger partial charge in [-0.1, -0.05) is 6.07 Å². The Balaban J connectivity index is 1.58. The van der Waals surface area contributed by atoms with Crippen molar-refractivity contribution in [2.24, 2.45) is 0 Å². The van der Waals surface area contributed by atoms with E-state index < -0.39 is 6.61 Å². The Hall–Kier alpha value is -3.00. The fourth-order valence-electron chi connectivity index (χ4n) is 2.27. The molecule has 3 aromatic rings. The van der Waals surface area contributed by atoms with Gasteiger partial charge in [0, 0.05) is 28.4 Å². The maximum Gasteiger partial charge on any atom is 0.387 e. The molecule has 27 heavy (non-hydrogen) atoms. The fraction of sp³-hybridized carbons (Fsp3) is 0.158. The summed E-state index contributed by atoms with van der Waals surface area (Å²) < 4.78 is 34.5. The Morgan fingerprint density at radius 3 is 2.63 bits per heavy atom. The SMILES string of the molecule is Cc1csc(COc2ccc(C(=O)Nc3cccc(OC(F)F)c3)cc2)n1.